The Morgan fingerprint density at radius 3 is 1.58 bits per heavy atom. The third-order valence-corrected chi connectivity index (χ3v) is 5.25. The fraction of sp³-hybridized carbons (Fsp3) is 0.176. The number of nitrogens with two attached hydrogens (primary N) is 1. The first-order valence-corrected chi connectivity index (χ1v) is 10.1. The maximum absolute atomic E-state index is 5.67. The molecule has 0 heterocycles. The van der Waals surface area contributed by atoms with Crippen LogP contribution in [0.2, 0.25) is 19.6 Å². The average Bonchev–Trinajstić information content (AvgIpc) is 2.37. The van der Waals surface area contributed by atoms with Crippen molar-refractivity contribution < 1.29 is 0 Å². The molecule has 2 rings (SSSR count). The molecule has 0 fully saturated rings. The summed E-state index contributed by atoms with van der Waals surface area (Å²) in [6.45, 7) is 7.10. The van der Waals surface area contributed by atoms with Crippen molar-refractivity contribution in [3.05, 3.63) is 59.7 Å². The molecule has 0 atom stereocenters. The fourth-order valence-corrected chi connectivity index (χ4v) is 3.06. The molecule has 0 spiro atoms. The van der Waals surface area contributed by atoms with Crippen molar-refractivity contribution in [3.63, 3.8) is 0 Å². The minimum atomic E-state index is -1.19. The van der Waals surface area contributed by atoms with Gasteiger partial charge >= 0.3 is 0 Å². The summed E-state index contributed by atoms with van der Waals surface area (Å²) in [7, 11) is -1.19. The number of rotatable bonds is 3. The highest BCUT2D eigenvalue weighted by molar-refractivity contribution is 6.88. The van der Waals surface area contributed by atoms with E-state index in [9.17, 15) is 0 Å². The highest BCUT2D eigenvalue weighted by Crippen LogP contribution is 2.11. The molecule has 0 aromatic heterocycles. The molecular formula is C17H21NSi. The first-order valence-electron chi connectivity index (χ1n) is 6.59. The lowest BCUT2D eigenvalue weighted by atomic mass is 10.1. The summed E-state index contributed by atoms with van der Waals surface area (Å²) in [4.78, 5) is 0. The van der Waals surface area contributed by atoms with Crippen molar-refractivity contribution in [2.24, 2.45) is 0 Å². The van der Waals surface area contributed by atoms with Crippen LogP contribution in [-0.2, 0) is 0 Å². The van der Waals surface area contributed by atoms with E-state index < -0.39 is 8.07 Å². The zero-order valence-electron chi connectivity index (χ0n) is 11.9. The van der Waals surface area contributed by atoms with Gasteiger partial charge in [-0.25, -0.2) is 0 Å². The van der Waals surface area contributed by atoms with Crippen molar-refractivity contribution in [2.45, 2.75) is 19.6 Å². The number of nitrogen functional groups attached to an aromatic ring is 1. The monoisotopic (exact) mass is 267 g/mol. The van der Waals surface area contributed by atoms with Gasteiger partial charge in [-0.1, -0.05) is 73.4 Å². The van der Waals surface area contributed by atoms with Crippen molar-refractivity contribution >= 4 is 31.1 Å². The third kappa shape index (κ3) is 3.83. The Labute approximate surface area is 116 Å². The first kappa shape index (κ1) is 13.6. The first-order chi connectivity index (χ1) is 8.95. The van der Waals surface area contributed by atoms with E-state index >= 15 is 0 Å². The van der Waals surface area contributed by atoms with Crippen LogP contribution in [0.15, 0.2) is 48.5 Å². The average molecular weight is 267 g/mol. The predicted molar refractivity (Wildman–Crippen MR) is 89.2 cm³/mol. The van der Waals surface area contributed by atoms with Gasteiger partial charge in [-0.2, -0.15) is 0 Å². The summed E-state index contributed by atoms with van der Waals surface area (Å²) in [5.74, 6) is 0. The van der Waals surface area contributed by atoms with Crippen molar-refractivity contribution in [2.75, 3.05) is 5.73 Å². The zero-order valence-corrected chi connectivity index (χ0v) is 12.9. The van der Waals surface area contributed by atoms with Gasteiger partial charge in [0.15, 0.2) is 0 Å². The molecule has 98 valence electrons. The second-order valence-corrected chi connectivity index (χ2v) is 10.9. The van der Waals surface area contributed by atoms with Crippen LogP contribution in [0.5, 0.6) is 0 Å². The largest absolute Gasteiger partial charge is 0.399 e. The van der Waals surface area contributed by atoms with Gasteiger partial charge < -0.3 is 5.73 Å². The molecule has 0 bridgehead atoms. The quantitative estimate of drug-likeness (QED) is 0.508. The van der Waals surface area contributed by atoms with Gasteiger partial charge in [0.1, 0.15) is 0 Å². The Bertz CT molecular complexity index is 560. The number of hydrogen-bond acceptors (Lipinski definition) is 1. The lowest BCUT2D eigenvalue weighted by molar-refractivity contribution is 1.63. The molecule has 0 aliphatic heterocycles. The van der Waals surface area contributed by atoms with Crippen LogP contribution in [0.25, 0.3) is 12.2 Å². The topological polar surface area (TPSA) is 26.0 Å². The molecule has 2 aromatic carbocycles. The minimum absolute atomic E-state index is 0.802. The molecular weight excluding hydrogens is 246 g/mol. The molecule has 0 amide bonds. The van der Waals surface area contributed by atoms with Gasteiger partial charge in [0.25, 0.3) is 0 Å². The summed E-state index contributed by atoms with van der Waals surface area (Å²) >= 11 is 0. The Kier molecular flexibility index (Phi) is 3.91. The molecule has 0 unspecified atom stereocenters. The summed E-state index contributed by atoms with van der Waals surface area (Å²) in [6.07, 6.45) is 4.25. The molecule has 0 saturated carbocycles. The fourth-order valence-electron chi connectivity index (χ4n) is 1.89. The second kappa shape index (κ2) is 5.45. The van der Waals surface area contributed by atoms with E-state index in [1.54, 1.807) is 0 Å². The van der Waals surface area contributed by atoms with Gasteiger partial charge in [-0.05, 0) is 23.3 Å². The Hall–Kier alpha value is -1.80. The molecule has 0 aliphatic carbocycles. The van der Waals surface area contributed by atoms with E-state index in [1.807, 2.05) is 24.3 Å². The lowest BCUT2D eigenvalue weighted by Gasteiger charge is -2.16. The van der Waals surface area contributed by atoms with Gasteiger partial charge in [0, 0.05) is 5.69 Å². The van der Waals surface area contributed by atoms with Crippen molar-refractivity contribution in [1.82, 2.24) is 0 Å². The predicted octanol–water partition coefficient (Wildman–Crippen LogP) is 3.98. The number of anilines is 1. The van der Waals surface area contributed by atoms with E-state index in [-0.39, 0.29) is 0 Å². The standard InChI is InChI=1S/C17H21NSi/c1-19(2,3)17-12-8-15(9-13-17)5-4-14-6-10-16(18)11-7-14/h4-13H,18H2,1-3H3/b5-4+. The summed E-state index contributed by atoms with van der Waals surface area (Å²) in [5, 5.41) is 1.50. The van der Waals surface area contributed by atoms with E-state index in [2.05, 4.69) is 56.1 Å². The number of hydrogen-bond donors (Lipinski definition) is 1. The SMILES string of the molecule is C[Si](C)(C)c1ccc(/C=C/c2ccc(N)cc2)cc1. The lowest BCUT2D eigenvalue weighted by Crippen LogP contribution is -2.37. The maximum atomic E-state index is 5.67. The van der Waals surface area contributed by atoms with Gasteiger partial charge in [0.05, 0.1) is 8.07 Å². The summed E-state index contributed by atoms with van der Waals surface area (Å²) in [6, 6.07) is 16.8. The van der Waals surface area contributed by atoms with Gasteiger partial charge in [0.2, 0.25) is 0 Å². The minimum Gasteiger partial charge on any atom is -0.399 e. The van der Waals surface area contributed by atoms with E-state index in [4.69, 9.17) is 5.73 Å². The zero-order chi connectivity index (χ0) is 13.9. The van der Waals surface area contributed by atoms with Crippen molar-refractivity contribution in [1.29, 1.82) is 0 Å². The van der Waals surface area contributed by atoms with E-state index in [1.165, 1.54) is 16.3 Å². The number of benzene rings is 2. The van der Waals surface area contributed by atoms with Gasteiger partial charge in [-0.15, -0.1) is 0 Å². The van der Waals surface area contributed by atoms with Crippen LogP contribution in [0.1, 0.15) is 11.1 Å². The Morgan fingerprint density at radius 2 is 1.16 bits per heavy atom. The highest BCUT2D eigenvalue weighted by atomic mass is 28.3. The van der Waals surface area contributed by atoms with Crippen LogP contribution in [0.4, 0.5) is 5.69 Å². The van der Waals surface area contributed by atoms with Crippen LogP contribution < -0.4 is 10.9 Å². The van der Waals surface area contributed by atoms with Crippen LogP contribution >= 0.6 is 0 Å². The molecule has 2 aromatic rings. The van der Waals surface area contributed by atoms with Crippen LogP contribution in [0.3, 0.4) is 0 Å². The maximum Gasteiger partial charge on any atom is 0.0775 e. The molecule has 0 saturated heterocycles. The Balaban J connectivity index is 2.13. The van der Waals surface area contributed by atoms with E-state index in [0.717, 1.165) is 5.69 Å². The molecule has 0 radical (unpaired) electrons. The summed E-state index contributed by atoms with van der Waals surface area (Å²) < 4.78 is 0. The molecule has 2 heteroatoms. The highest BCUT2D eigenvalue weighted by Gasteiger charge is 2.15. The third-order valence-electron chi connectivity index (χ3n) is 3.18. The Morgan fingerprint density at radius 1 is 0.737 bits per heavy atom. The smallest absolute Gasteiger partial charge is 0.0775 e. The molecule has 1 nitrogen and oxygen atoms in total. The van der Waals surface area contributed by atoms with Crippen LogP contribution in [-0.4, -0.2) is 8.07 Å². The van der Waals surface area contributed by atoms with Crippen LogP contribution in [0, 0.1) is 0 Å². The van der Waals surface area contributed by atoms with Crippen molar-refractivity contribution in [3.8, 4) is 0 Å². The second-order valence-electron chi connectivity index (χ2n) is 5.87. The normalized spacial score (nSPS) is 11.9. The summed E-state index contributed by atoms with van der Waals surface area (Å²) in [5.41, 5.74) is 8.88. The van der Waals surface area contributed by atoms with E-state index in [0.29, 0.717) is 0 Å². The van der Waals surface area contributed by atoms with Gasteiger partial charge in [-0.3, -0.25) is 0 Å². The molecule has 2 N–H and O–H groups in total. The molecule has 0 aliphatic rings. The molecule has 19 heavy (non-hydrogen) atoms.